The summed E-state index contributed by atoms with van der Waals surface area (Å²) in [5.41, 5.74) is 1.28. The SMILES string of the molecule is CCN(CC)c1ncc(CNC(C)c2ccccc2Br)s1. The van der Waals surface area contributed by atoms with Gasteiger partial charge in [0.15, 0.2) is 5.13 Å². The molecule has 0 bridgehead atoms. The van der Waals surface area contributed by atoms with Crippen molar-refractivity contribution in [2.45, 2.75) is 33.4 Å². The zero-order valence-electron chi connectivity index (χ0n) is 12.8. The second kappa shape index (κ2) is 7.92. The van der Waals surface area contributed by atoms with Crippen LogP contribution in [0.4, 0.5) is 5.13 Å². The summed E-state index contributed by atoms with van der Waals surface area (Å²) in [5.74, 6) is 0. The highest BCUT2D eigenvalue weighted by Gasteiger charge is 2.11. The Morgan fingerprint density at radius 3 is 2.67 bits per heavy atom. The average molecular weight is 368 g/mol. The van der Waals surface area contributed by atoms with E-state index in [9.17, 15) is 0 Å². The predicted molar refractivity (Wildman–Crippen MR) is 95.1 cm³/mol. The van der Waals surface area contributed by atoms with E-state index < -0.39 is 0 Å². The molecule has 2 rings (SSSR count). The summed E-state index contributed by atoms with van der Waals surface area (Å²) in [6.07, 6.45) is 1.98. The molecule has 0 aliphatic heterocycles. The van der Waals surface area contributed by atoms with Crippen LogP contribution in [0.5, 0.6) is 0 Å². The van der Waals surface area contributed by atoms with Gasteiger partial charge in [0.25, 0.3) is 0 Å². The lowest BCUT2D eigenvalue weighted by Crippen LogP contribution is -2.21. The number of aromatic nitrogens is 1. The molecule has 21 heavy (non-hydrogen) atoms. The van der Waals surface area contributed by atoms with Crippen LogP contribution >= 0.6 is 27.3 Å². The third-order valence-corrected chi connectivity index (χ3v) is 5.31. The number of benzene rings is 1. The molecule has 1 N–H and O–H groups in total. The topological polar surface area (TPSA) is 28.2 Å². The number of halogens is 1. The first-order valence-corrected chi connectivity index (χ1v) is 8.94. The first kappa shape index (κ1) is 16.5. The van der Waals surface area contributed by atoms with Crippen LogP contribution in [0.15, 0.2) is 34.9 Å². The molecule has 3 nitrogen and oxygen atoms in total. The molecular weight excluding hydrogens is 346 g/mol. The van der Waals surface area contributed by atoms with Gasteiger partial charge in [-0.3, -0.25) is 0 Å². The summed E-state index contributed by atoms with van der Waals surface area (Å²) < 4.78 is 1.15. The number of nitrogens with zero attached hydrogens (tertiary/aromatic N) is 2. The number of anilines is 1. The Labute approximate surface area is 139 Å². The molecule has 0 spiro atoms. The zero-order valence-corrected chi connectivity index (χ0v) is 15.2. The van der Waals surface area contributed by atoms with E-state index in [1.54, 1.807) is 11.3 Å². The van der Waals surface area contributed by atoms with Gasteiger partial charge < -0.3 is 10.2 Å². The fourth-order valence-corrected chi connectivity index (χ4v) is 3.83. The molecule has 5 heteroatoms. The van der Waals surface area contributed by atoms with Gasteiger partial charge in [-0.05, 0) is 32.4 Å². The van der Waals surface area contributed by atoms with Crippen molar-refractivity contribution in [2.24, 2.45) is 0 Å². The number of nitrogens with one attached hydrogen (secondary N) is 1. The van der Waals surface area contributed by atoms with Crippen molar-refractivity contribution in [2.75, 3.05) is 18.0 Å². The molecule has 0 aliphatic carbocycles. The number of hydrogen-bond acceptors (Lipinski definition) is 4. The maximum Gasteiger partial charge on any atom is 0.185 e. The lowest BCUT2D eigenvalue weighted by molar-refractivity contribution is 0.576. The molecule has 1 atom stereocenters. The average Bonchev–Trinajstić information content (AvgIpc) is 2.95. The van der Waals surface area contributed by atoms with E-state index in [0.29, 0.717) is 6.04 Å². The van der Waals surface area contributed by atoms with E-state index in [4.69, 9.17) is 0 Å². The van der Waals surface area contributed by atoms with Crippen LogP contribution in [0.1, 0.15) is 37.3 Å². The highest BCUT2D eigenvalue weighted by atomic mass is 79.9. The van der Waals surface area contributed by atoms with Crippen LogP contribution < -0.4 is 10.2 Å². The van der Waals surface area contributed by atoms with E-state index >= 15 is 0 Å². The zero-order chi connectivity index (χ0) is 15.2. The molecule has 2 aromatic rings. The van der Waals surface area contributed by atoms with Crippen LogP contribution in [-0.4, -0.2) is 18.1 Å². The molecule has 0 amide bonds. The van der Waals surface area contributed by atoms with Crippen molar-refractivity contribution in [1.82, 2.24) is 10.3 Å². The minimum absolute atomic E-state index is 0.305. The van der Waals surface area contributed by atoms with Gasteiger partial charge in [0, 0.05) is 41.2 Å². The van der Waals surface area contributed by atoms with Crippen molar-refractivity contribution < 1.29 is 0 Å². The summed E-state index contributed by atoms with van der Waals surface area (Å²) in [7, 11) is 0. The van der Waals surface area contributed by atoms with Crippen LogP contribution in [0.25, 0.3) is 0 Å². The largest absolute Gasteiger partial charge is 0.349 e. The van der Waals surface area contributed by atoms with Crippen molar-refractivity contribution in [3.63, 3.8) is 0 Å². The molecular formula is C16H22BrN3S. The number of hydrogen-bond donors (Lipinski definition) is 1. The van der Waals surface area contributed by atoms with Gasteiger partial charge in [-0.1, -0.05) is 34.1 Å². The molecule has 0 fully saturated rings. The molecule has 1 heterocycles. The van der Waals surface area contributed by atoms with Gasteiger partial charge >= 0.3 is 0 Å². The van der Waals surface area contributed by atoms with E-state index in [-0.39, 0.29) is 0 Å². The van der Waals surface area contributed by atoms with Crippen LogP contribution in [-0.2, 0) is 6.54 Å². The van der Waals surface area contributed by atoms with E-state index in [0.717, 1.165) is 29.2 Å². The first-order valence-electron chi connectivity index (χ1n) is 7.33. The van der Waals surface area contributed by atoms with Crippen LogP contribution in [0.3, 0.4) is 0 Å². The third kappa shape index (κ3) is 4.28. The molecule has 0 radical (unpaired) electrons. The molecule has 0 saturated heterocycles. The summed E-state index contributed by atoms with van der Waals surface area (Å²) in [4.78, 5) is 8.08. The predicted octanol–water partition coefficient (Wildman–Crippen LogP) is 4.60. The Bertz CT molecular complexity index is 566. The fraction of sp³-hybridized carbons (Fsp3) is 0.438. The van der Waals surface area contributed by atoms with E-state index in [1.807, 2.05) is 12.3 Å². The van der Waals surface area contributed by atoms with Gasteiger partial charge in [-0.15, -0.1) is 11.3 Å². The molecule has 0 aliphatic rings. The van der Waals surface area contributed by atoms with Gasteiger partial charge in [0.1, 0.15) is 0 Å². The Hall–Kier alpha value is -0.910. The fourth-order valence-electron chi connectivity index (χ4n) is 2.21. The van der Waals surface area contributed by atoms with Gasteiger partial charge in [0.2, 0.25) is 0 Å². The third-order valence-electron chi connectivity index (χ3n) is 3.53. The Morgan fingerprint density at radius 1 is 1.29 bits per heavy atom. The number of rotatable bonds is 7. The number of thiazole rings is 1. The first-order chi connectivity index (χ1) is 10.2. The molecule has 1 aromatic carbocycles. The van der Waals surface area contributed by atoms with Crippen molar-refractivity contribution >= 4 is 32.4 Å². The van der Waals surface area contributed by atoms with Crippen LogP contribution in [0.2, 0.25) is 0 Å². The smallest absolute Gasteiger partial charge is 0.185 e. The van der Waals surface area contributed by atoms with Crippen LogP contribution in [0, 0.1) is 0 Å². The van der Waals surface area contributed by atoms with Gasteiger partial charge in [-0.2, -0.15) is 0 Å². The normalized spacial score (nSPS) is 12.4. The van der Waals surface area contributed by atoms with Crippen molar-refractivity contribution in [3.8, 4) is 0 Å². The second-order valence-electron chi connectivity index (χ2n) is 4.91. The van der Waals surface area contributed by atoms with Crippen molar-refractivity contribution in [1.29, 1.82) is 0 Å². The molecule has 1 unspecified atom stereocenters. The Morgan fingerprint density at radius 2 is 2.00 bits per heavy atom. The second-order valence-corrected chi connectivity index (χ2v) is 6.85. The minimum atomic E-state index is 0.305. The molecule has 1 aromatic heterocycles. The summed E-state index contributed by atoms with van der Waals surface area (Å²) in [6, 6.07) is 8.65. The lowest BCUT2D eigenvalue weighted by Gasteiger charge is -2.16. The van der Waals surface area contributed by atoms with E-state index in [2.05, 4.69) is 70.1 Å². The molecule has 0 saturated carbocycles. The summed E-state index contributed by atoms with van der Waals surface area (Å²) in [5, 5.41) is 4.68. The lowest BCUT2D eigenvalue weighted by atomic mass is 10.1. The Kier molecular flexibility index (Phi) is 6.21. The van der Waals surface area contributed by atoms with Gasteiger partial charge in [0.05, 0.1) is 0 Å². The Balaban J connectivity index is 1.96. The minimum Gasteiger partial charge on any atom is -0.349 e. The highest BCUT2D eigenvalue weighted by molar-refractivity contribution is 9.10. The summed E-state index contributed by atoms with van der Waals surface area (Å²) in [6.45, 7) is 9.37. The standard InChI is InChI=1S/C16H22BrN3S/c1-4-20(5-2)16-19-11-13(21-16)10-18-12(3)14-8-6-7-9-15(14)17/h6-9,11-12,18H,4-5,10H2,1-3H3. The highest BCUT2D eigenvalue weighted by Crippen LogP contribution is 2.25. The van der Waals surface area contributed by atoms with Crippen molar-refractivity contribution in [3.05, 3.63) is 45.4 Å². The maximum atomic E-state index is 4.52. The van der Waals surface area contributed by atoms with Gasteiger partial charge in [-0.25, -0.2) is 4.98 Å². The quantitative estimate of drug-likeness (QED) is 0.774. The summed E-state index contributed by atoms with van der Waals surface area (Å²) >= 11 is 5.38. The molecule has 114 valence electrons. The van der Waals surface area contributed by atoms with E-state index in [1.165, 1.54) is 10.4 Å². The monoisotopic (exact) mass is 367 g/mol. The maximum absolute atomic E-state index is 4.52.